The van der Waals surface area contributed by atoms with E-state index in [2.05, 4.69) is 25.8 Å². The summed E-state index contributed by atoms with van der Waals surface area (Å²) in [5.41, 5.74) is 0.212. The summed E-state index contributed by atoms with van der Waals surface area (Å²) in [5.74, 6) is 0.0861. The Bertz CT molecular complexity index is 999. The van der Waals surface area contributed by atoms with Gasteiger partial charge in [0.25, 0.3) is 0 Å². The Hall–Kier alpha value is -3.59. The predicted octanol–water partition coefficient (Wildman–Crippen LogP) is 7.22. The zero-order chi connectivity index (χ0) is 37.0. The fraction of sp³-hybridized carbons (Fsp3) is 0.788. The molecule has 0 spiro atoms. The fourth-order valence-corrected chi connectivity index (χ4v) is 5.37. The van der Waals surface area contributed by atoms with Gasteiger partial charge in [0.2, 0.25) is 5.69 Å². The first kappa shape index (κ1) is 46.5. The Morgan fingerprint density at radius 2 is 1.08 bits per heavy atom. The molecule has 15 nitrogen and oxygen atoms in total. The minimum Gasteiger partial charge on any atom is -0.407 e. The molecule has 0 saturated carbocycles. The topological polar surface area (TPSA) is 192 Å². The van der Waals surface area contributed by atoms with Crippen LogP contribution in [-0.4, -0.2) is 102 Å². The molecule has 1 aromatic heterocycles. The highest BCUT2D eigenvalue weighted by Gasteiger charge is 2.32. The van der Waals surface area contributed by atoms with Crippen molar-refractivity contribution in [3.8, 4) is 5.75 Å². The monoisotopic (exact) mass is 686 g/mol. The van der Waals surface area contributed by atoms with Gasteiger partial charge >= 0.3 is 12.0 Å². The maximum Gasteiger partial charge on any atom is 0.414 e. The number of nitrogens with zero attached hydrogens (tertiary/aromatic N) is 6. The number of amides is 2. The number of hydrogen-bond acceptors (Lipinski definition) is 10. The number of carbonyl (C=O) groups is 2. The highest BCUT2D eigenvalue weighted by Crippen LogP contribution is 2.22. The third kappa shape index (κ3) is 23.7. The van der Waals surface area contributed by atoms with Crippen LogP contribution in [0.5, 0.6) is 5.75 Å². The molecule has 0 N–H and O–H groups in total. The number of aromatic nitrogens is 1. The van der Waals surface area contributed by atoms with Crippen LogP contribution in [0.4, 0.5) is 4.79 Å². The van der Waals surface area contributed by atoms with Gasteiger partial charge in [0.15, 0.2) is 5.75 Å². The molecule has 0 saturated heterocycles. The number of carbonyl (C=O) groups excluding carboxylic acids is 2. The molecular weight excluding hydrogens is 624 g/mol. The van der Waals surface area contributed by atoms with Gasteiger partial charge in [0, 0.05) is 20.3 Å². The number of quaternary nitrogens is 2. The SMILES string of the molecule is CCCC[N+](CCCC)(CCCC)CCCCCCCCCC[N+](C)(C)C(=O)c1ncccc1OC(=O)N(C)C.O=[N+]([O-])[O-].O=[N+]([O-])[O-]. The number of hydrogen-bond donors (Lipinski definition) is 0. The molecule has 0 atom stereocenters. The van der Waals surface area contributed by atoms with Crippen LogP contribution in [0.15, 0.2) is 18.3 Å². The third-order valence-electron chi connectivity index (χ3n) is 8.14. The quantitative estimate of drug-likeness (QED) is 0.0520. The van der Waals surface area contributed by atoms with E-state index in [0.29, 0.717) is 0 Å². The van der Waals surface area contributed by atoms with Gasteiger partial charge in [-0.3, -0.25) is 4.48 Å². The van der Waals surface area contributed by atoms with E-state index >= 15 is 0 Å². The van der Waals surface area contributed by atoms with Crippen molar-refractivity contribution in [2.45, 2.75) is 111 Å². The second-order valence-corrected chi connectivity index (χ2v) is 12.9. The average Bonchev–Trinajstić information content (AvgIpc) is 3.01. The minimum atomic E-state index is -1.75. The van der Waals surface area contributed by atoms with Crippen molar-refractivity contribution in [1.82, 2.24) is 9.88 Å². The van der Waals surface area contributed by atoms with E-state index in [1.54, 1.807) is 32.4 Å². The Labute approximate surface area is 287 Å². The summed E-state index contributed by atoms with van der Waals surface area (Å²) >= 11 is 0. The lowest BCUT2D eigenvalue weighted by Crippen LogP contribution is -2.50. The Morgan fingerprint density at radius 3 is 1.48 bits per heavy atom. The number of rotatable bonds is 22. The molecule has 0 radical (unpaired) electrons. The van der Waals surface area contributed by atoms with E-state index in [1.807, 2.05) is 14.1 Å². The van der Waals surface area contributed by atoms with Crippen LogP contribution in [0, 0.1) is 30.6 Å². The summed E-state index contributed by atoms with van der Waals surface area (Å²) in [6.07, 6.45) is 19.0. The van der Waals surface area contributed by atoms with Crippen molar-refractivity contribution in [3.63, 3.8) is 0 Å². The summed E-state index contributed by atoms with van der Waals surface area (Å²) in [6, 6.07) is 3.30. The zero-order valence-corrected chi connectivity index (χ0v) is 30.5. The molecule has 0 aliphatic heterocycles. The van der Waals surface area contributed by atoms with Gasteiger partial charge < -0.3 is 44.8 Å². The van der Waals surface area contributed by atoms with Gasteiger partial charge in [-0.25, -0.2) is 14.6 Å². The number of pyridine rings is 1. The van der Waals surface area contributed by atoms with E-state index in [-0.39, 0.29) is 21.8 Å². The normalized spacial score (nSPS) is 11.0. The van der Waals surface area contributed by atoms with Gasteiger partial charge in [0.05, 0.1) is 57.0 Å². The Morgan fingerprint density at radius 1 is 0.708 bits per heavy atom. The van der Waals surface area contributed by atoms with Crippen LogP contribution in [-0.2, 0) is 0 Å². The molecule has 0 aliphatic rings. The molecule has 0 aliphatic carbocycles. The standard InChI is InChI=1S/C33H62N4O3.2NO3/c1-8-11-26-37(27-12-9-2,28-13-10-3)29-21-19-17-15-14-16-18-20-25-36(6,7)32(38)31-30(23-22-24-34-31)40-33(39)35(4)5;2*2-1(3)4/h22-24H,8-21,25-29H2,1-7H3;;/q+2;2*-1. The summed E-state index contributed by atoms with van der Waals surface area (Å²) < 4.78 is 6.94. The van der Waals surface area contributed by atoms with Crippen molar-refractivity contribution < 1.29 is 33.5 Å². The van der Waals surface area contributed by atoms with Crippen LogP contribution >= 0.6 is 0 Å². The minimum absolute atomic E-state index is 0.131. The molecule has 1 heterocycles. The number of ether oxygens (including phenoxy) is 1. The average molecular weight is 687 g/mol. The molecule has 48 heavy (non-hydrogen) atoms. The molecule has 0 bridgehead atoms. The van der Waals surface area contributed by atoms with E-state index in [4.69, 9.17) is 35.4 Å². The van der Waals surface area contributed by atoms with Crippen LogP contribution < -0.4 is 4.74 Å². The van der Waals surface area contributed by atoms with Crippen LogP contribution in [0.3, 0.4) is 0 Å². The largest absolute Gasteiger partial charge is 0.414 e. The lowest BCUT2D eigenvalue weighted by Gasteiger charge is -2.39. The second kappa shape index (κ2) is 27.4. The fourth-order valence-electron chi connectivity index (χ4n) is 5.37. The summed E-state index contributed by atoms with van der Waals surface area (Å²) in [6.45, 7) is 13.2. The van der Waals surface area contributed by atoms with Crippen molar-refractivity contribution in [3.05, 3.63) is 54.7 Å². The summed E-state index contributed by atoms with van der Waals surface area (Å²) in [7, 11) is 7.05. The predicted molar refractivity (Wildman–Crippen MR) is 187 cm³/mol. The summed E-state index contributed by atoms with van der Waals surface area (Å²) in [4.78, 5) is 47.3. The van der Waals surface area contributed by atoms with Gasteiger partial charge in [-0.2, -0.15) is 0 Å². The lowest BCUT2D eigenvalue weighted by atomic mass is 10.1. The number of unbranched alkanes of at least 4 members (excludes halogenated alkanes) is 10. The van der Waals surface area contributed by atoms with Crippen molar-refractivity contribution in [1.29, 1.82) is 0 Å². The molecule has 2 amide bonds. The highest BCUT2D eigenvalue weighted by molar-refractivity contribution is 5.90. The maximum absolute atomic E-state index is 13.3. The highest BCUT2D eigenvalue weighted by atomic mass is 16.9. The van der Waals surface area contributed by atoms with Crippen molar-refractivity contribution in [2.75, 3.05) is 60.9 Å². The van der Waals surface area contributed by atoms with E-state index < -0.39 is 16.3 Å². The maximum atomic E-state index is 13.3. The molecule has 0 unspecified atom stereocenters. The van der Waals surface area contributed by atoms with Crippen LogP contribution in [0.2, 0.25) is 0 Å². The van der Waals surface area contributed by atoms with Gasteiger partial charge in [-0.1, -0.05) is 65.7 Å². The molecule has 1 aromatic rings. The lowest BCUT2D eigenvalue weighted by molar-refractivity contribution is -0.929. The van der Waals surface area contributed by atoms with E-state index in [9.17, 15) is 9.59 Å². The van der Waals surface area contributed by atoms with Crippen molar-refractivity contribution >= 4 is 12.0 Å². The first-order valence-electron chi connectivity index (χ1n) is 17.3. The molecule has 278 valence electrons. The molecular formula is C33H62N6O9. The smallest absolute Gasteiger partial charge is 0.407 e. The summed E-state index contributed by atoms with van der Waals surface area (Å²) in [5, 5.41) is 29.5. The van der Waals surface area contributed by atoms with E-state index in [0.717, 1.165) is 19.4 Å². The third-order valence-corrected chi connectivity index (χ3v) is 8.14. The molecule has 1 rings (SSSR count). The first-order chi connectivity index (χ1) is 22.6. The molecule has 15 heteroatoms. The Kier molecular flexibility index (Phi) is 26.5. The van der Waals surface area contributed by atoms with Gasteiger partial charge in [-0.15, -0.1) is 0 Å². The van der Waals surface area contributed by atoms with E-state index in [1.165, 1.54) is 113 Å². The van der Waals surface area contributed by atoms with Crippen LogP contribution in [0.25, 0.3) is 0 Å². The molecule has 0 aromatic carbocycles. The second-order valence-electron chi connectivity index (χ2n) is 12.9. The van der Waals surface area contributed by atoms with Crippen LogP contribution in [0.1, 0.15) is 121 Å². The molecule has 0 fully saturated rings. The Balaban J connectivity index is 0. The van der Waals surface area contributed by atoms with Gasteiger partial charge in [0.1, 0.15) is 0 Å². The van der Waals surface area contributed by atoms with Gasteiger partial charge in [-0.05, 0) is 57.1 Å². The first-order valence-corrected chi connectivity index (χ1v) is 17.3. The van der Waals surface area contributed by atoms with Crippen molar-refractivity contribution in [2.24, 2.45) is 0 Å². The zero-order valence-electron chi connectivity index (χ0n) is 30.5.